The number of aromatic nitrogens is 1. The lowest BCUT2D eigenvalue weighted by Crippen LogP contribution is -2.58. The highest BCUT2D eigenvalue weighted by Gasteiger charge is 2.55. The van der Waals surface area contributed by atoms with Gasteiger partial charge < -0.3 is 9.47 Å². The molecule has 1 aromatic carbocycles. The molecule has 1 fully saturated rings. The first-order chi connectivity index (χ1) is 13.1. The van der Waals surface area contributed by atoms with Gasteiger partial charge in [0, 0.05) is 22.9 Å². The maximum Gasteiger partial charge on any atom is 0.356 e. The van der Waals surface area contributed by atoms with E-state index < -0.39 is 5.97 Å². The first-order valence-corrected chi connectivity index (χ1v) is 9.98. The highest BCUT2D eigenvalue weighted by atomic mass is 79.9. The van der Waals surface area contributed by atoms with Crippen molar-refractivity contribution in [2.45, 2.75) is 16.8 Å². The van der Waals surface area contributed by atoms with Gasteiger partial charge >= 0.3 is 5.97 Å². The Hall–Kier alpha value is -2.32. The molecule has 0 saturated carbocycles. The molecule has 0 N–H and O–H groups in total. The number of hydrogen-bond acceptors (Lipinski definition) is 6. The number of methoxy groups -OCH3 is 1. The fourth-order valence-electron chi connectivity index (χ4n) is 2.90. The molecule has 8 heteroatoms. The zero-order chi connectivity index (χ0) is 19.0. The molecule has 1 saturated heterocycles. The molecule has 2 atom stereocenters. The number of fused-ring (bicyclic) bond motifs is 1. The van der Waals surface area contributed by atoms with Crippen LogP contribution in [0.3, 0.4) is 0 Å². The Kier molecular flexibility index (Phi) is 4.92. The molecule has 1 amide bonds. The average molecular weight is 447 g/mol. The molecule has 27 heavy (non-hydrogen) atoms. The number of hydrogen-bond donors (Lipinski definition) is 0. The number of nitrogens with zero attached hydrogens (tertiary/aromatic N) is 2. The second-order valence-electron chi connectivity index (χ2n) is 5.96. The smallest absolute Gasteiger partial charge is 0.356 e. The predicted octanol–water partition coefficient (Wildman–Crippen LogP) is 3.18. The van der Waals surface area contributed by atoms with Crippen LogP contribution in [-0.4, -0.2) is 39.1 Å². The van der Waals surface area contributed by atoms with Crippen molar-refractivity contribution in [2.75, 3.05) is 7.11 Å². The molecule has 4 rings (SSSR count). The van der Waals surface area contributed by atoms with Gasteiger partial charge in [0.2, 0.25) is 5.91 Å². The quantitative estimate of drug-likeness (QED) is 0.399. The van der Waals surface area contributed by atoms with Gasteiger partial charge in [-0.1, -0.05) is 45.9 Å². The van der Waals surface area contributed by atoms with Gasteiger partial charge in [0.1, 0.15) is 28.3 Å². The molecular formula is C19H15BrN2O4S. The fourth-order valence-corrected chi connectivity index (χ4v) is 5.02. The standard InChI is InChI=1S/C19H15BrN2O4S/c1-25-13-6-4-11(5-7-13)10-26-19(24)15-16(12-3-2-8-21-9-12)27-18-14(20)17(23)22(15)18/h2-9,14,18H,10H2,1H3/t14?,18-/m1/s1. The molecule has 3 heterocycles. The molecule has 2 aliphatic rings. The average Bonchev–Trinajstić information content (AvgIpc) is 3.09. The summed E-state index contributed by atoms with van der Waals surface area (Å²) in [5, 5.41) is -0.142. The van der Waals surface area contributed by atoms with E-state index >= 15 is 0 Å². The summed E-state index contributed by atoms with van der Waals surface area (Å²) in [6.07, 6.45) is 3.34. The summed E-state index contributed by atoms with van der Waals surface area (Å²) in [7, 11) is 1.59. The topological polar surface area (TPSA) is 68.7 Å². The van der Waals surface area contributed by atoms with Crippen LogP contribution < -0.4 is 4.74 Å². The molecule has 1 unspecified atom stereocenters. The van der Waals surface area contributed by atoms with Gasteiger partial charge in [-0.15, -0.1) is 0 Å². The van der Waals surface area contributed by atoms with Crippen LogP contribution in [0.2, 0.25) is 0 Å². The van der Waals surface area contributed by atoms with E-state index in [4.69, 9.17) is 9.47 Å². The number of benzene rings is 1. The lowest BCUT2D eigenvalue weighted by molar-refractivity contribution is -0.148. The van der Waals surface area contributed by atoms with Crippen molar-refractivity contribution in [3.8, 4) is 5.75 Å². The number of amides is 1. The Morgan fingerprint density at radius 3 is 2.74 bits per heavy atom. The van der Waals surface area contributed by atoms with Gasteiger partial charge in [0.05, 0.1) is 7.11 Å². The van der Waals surface area contributed by atoms with Gasteiger partial charge in [-0.25, -0.2) is 4.79 Å². The van der Waals surface area contributed by atoms with Crippen molar-refractivity contribution in [1.82, 2.24) is 9.88 Å². The summed E-state index contributed by atoms with van der Waals surface area (Å²) in [5.74, 6) is 0.0754. The van der Waals surface area contributed by atoms with Crippen LogP contribution in [0.4, 0.5) is 0 Å². The predicted molar refractivity (Wildman–Crippen MR) is 105 cm³/mol. The summed E-state index contributed by atoms with van der Waals surface area (Å²) in [4.78, 5) is 31.1. The molecule has 138 valence electrons. The second-order valence-corrected chi connectivity index (χ2v) is 8.08. The molecule has 1 aromatic heterocycles. The third kappa shape index (κ3) is 3.23. The summed E-state index contributed by atoms with van der Waals surface area (Å²) in [6.45, 7) is 0.113. The van der Waals surface area contributed by atoms with Crippen LogP contribution in [0.5, 0.6) is 5.75 Å². The summed E-state index contributed by atoms with van der Waals surface area (Å²) < 4.78 is 10.6. The van der Waals surface area contributed by atoms with Crippen LogP contribution in [-0.2, 0) is 20.9 Å². The van der Waals surface area contributed by atoms with Gasteiger partial charge in [-0.3, -0.25) is 14.7 Å². The SMILES string of the molecule is COc1ccc(COC(=O)C2=C(c3cccnc3)S[C@@H]3C(Br)C(=O)N23)cc1. The minimum absolute atomic E-state index is 0.113. The Morgan fingerprint density at radius 1 is 1.30 bits per heavy atom. The molecule has 0 spiro atoms. The zero-order valence-electron chi connectivity index (χ0n) is 14.3. The number of ether oxygens (including phenoxy) is 2. The van der Waals surface area contributed by atoms with E-state index in [2.05, 4.69) is 20.9 Å². The van der Waals surface area contributed by atoms with Gasteiger partial charge in [-0.05, 0) is 23.8 Å². The van der Waals surface area contributed by atoms with Crippen LogP contribution >= 0.6 is 27.7 Å². The Labute approximate surface area is 168 Å². The van der Waals surface area contributed by atoms with E-state index in [1.165, 1.54) is 16.7 Å². The van der Waals surface area contributed by atoms with Crippen LogP contribution in [0.25, 0.3) is 4.91 Å². The third-order valence-corrected chi connectivity index (χ3v) is 6.95. The molecule has 2 aliphatic heterocycles. The number of β-lactam (4-membered cyclic amide) rings is 1. The highest BCUT2D eigenvalue weighted by molar-refractivity contribution is 9.10. The largest absolute Gasteiger partial charge is 0.497 e. The van der Waals surface area contributed by atoms with E-state index in [0.717, 1.165) is 16.9 Å². The minimum Gasteiger partial charge on any atom is -0.497 e. The Balaban J connectivity index is 1.57. The minimum atomic E-state index is -0.521. The number of carbonyl (C=O) groups excluding carboxylic acids is 2. The normalized spacial score (nSPS) is 21.0. The monoisotopic (exact) mass is 446 g/mol. The van der Waals surface area contributed by atoms with Crippen molar-refractivity contribution in [2.24, 2.45) is 0 Å². The van der Waals surface area contributed by atoms with E-state index in [-0.39, 0.29) is 28.4 Å². The molecule has 0 aliphatic carbocycles. The maximum absolute atomic E-state index is 12.8. The molecule has 6 nitrogen and oxygen atoms in total. The number of halogens is 1. The molecule has 0 bridgehead atoms. The first-order valence-electron chi connectivity index (χ1n) is 8.18. The maximum atomic E-state index is 12.8. The summed E-state index contributed by atoms with van der Waals surface area (Å²) >= 11 is 4.85. The fraction of sp³-hybridized carbons (Fsp3) is 0.211. The number of carbonyl (C=O) groups is 2. The number of pyridine rings is 1. The number of rotatable bonds is 5. The summed E-state index contributed by atoms with van der Waals surface area (Å²) in [6, 6.07) is 10.9. The van der Waals surface area contributed by atoms with Crippen molar-refractivity contribution in [3.63, 3.8) is 0 Å². The van der Waals surface area contributed by atoms with E-state index in [0.29, 0.717) is 4.91 Å². The summed E-state index contributed by atoms with van der Waals surface area (Å²) in [5.41, 5.74) is 1.91. The van der Waals surface area contributed by atoms with Crippen molar-refractivity contribution in [3.05, 3.63) is 65.6 Å². The number of alkyl halides is 1. The number of thioether (sulfide) groups is 1. The lowest BCUT2D eigenvalue weighted by Gasteiger charge is -2.39. The van der Waals surface area contributed by atoms with E-state index in [1.807, 2.05) is 18.2 Å². The van der Waals surface area contributed by atoms with E-state index in [9.17, 15) is 9.59 Å². The van der Waals surface area contributed by atoms with Crippen LogP contribution in [0.15, 0.2) is 54.5 Å². The first kappa shape index (κ1) is 18.1. The zero-order valence-corrected chi connectivity index (χ0v) is 16.7. The molecule has 2 aromatic rings. The van der Waals surface area contributed by atoms with Crippen molar-refractivity contribution < 1.29 is 19.1 Å². The van der Waals surface area contributed by atoms with Crippen LogP contribution in [0, 0.1) is 0 Å². The second kappa shape index (κ2) is 7.36. The van der Waals surface area contributed by atoms with Crippen LogP contribution in [0.1, 0.15) is 11.1 Å². The number of esters is 1. The third-order valence-electron chi connectivity index (χ3n) is 4.32. The van der Waals surface area contributed by atoms with Gasteiger partial charge in [0.25, 0.3) is 0 Å². The molecular weight excluding hydrogens is 432 g/mol. The van der Waals surface area contributed by atoms with Gasteiger partial charge in [-0.2, -0.15) is 0 Å². The molecule has 0 radical (unpaired) electrons. The lowest BCUT2D eigenvalue weighted by atomic mass is 10.1. The highest BCUT2D eigenvalue weighted by Crippen LogP contribution is 2.52. The van der Waals surface area contributed by atoms with E-state index in [1.54, 1.807) is 37.7 Å². The van der Waals surface area contributed by atoms with Crippen molar-refractivity contribution >= 4 is 44.5 Å². The Bertz CT molecular complexity index is 917. The Morgan fingerprint density at radius 2 is 2.07 bits per heavy atom. The van der Waals surface area contributed by atoms with Crippen molar-refractivity contribution in [1.29, 1.82) is 0 Å². The van der Waals surface area contributed by atoms with Gasteiger partial charge in [0.15, 0.2) is 0 Å².